The van der Waals surface area contributed by atoms with E-state index in [0.29, 0.717) is 18.7 Å². The summed E-state index contributed by atoms with van der Waals surface area (Å²) in [4.78, 5) is 14.0. The maximum Gasteiger partial charge on any atom is 0.318 e. The molecule has 90 valence electrons. The molecule has 1 N–H and O–H groups in total. The van der Waals surface area contributed by atoms with Crippen molar-refractivity contribution in [3.8, 4) is 0 Å². The van der Waals surface area contributed by atoms with Crippen molar-refractivity contribution in [3.63, 3.8) is 0 Å². The number of nitrogens with zero attached hydrogens (tertiary/aromatic N) is 1. The number of fused-ring (bicyclic) bond motifs is 2. The van der Waals surface area contributed by atoms with Crippen LogP contribution in [-0.4, -0.2) is 55.5 Å². The Bertz CT molecular complexity index is 278. The Labute approximate surface area is 95.1 Å². The van der Waals surface area contributed by atoms with Gasteiger partial charge in [-0.2, -0.15) is 0 Å². The quantitative estimate of drug-likeness (QED) is 0.702. The first-order valence-electron chi connectivity index (χ1n) is 6.09. The van der Waals surface area contributed by atoms with E-state index >= 15 is 0 Å². The number of carbonyl (C=O) groups excluding carboxylic acids is 1. The lowest BCUT2D eigenvalue weighted by molar-refractivity contribution is 0.0409. The predicted octanol–water partition coefficient (Wildman–Crippen LogP) is 0.348. The first-order valence-corrected chi connectivity index (χ1v) is 6.09. The summed E-state index contributed by atoms with van der Waals surface area (Å²) in [6.45, 7) is 3.01. The molecule has 5 heteroatoms. The van der Waals surface area contributed by atoms with Crippen LogP contribution < -0.4 is 5.32 Å². The molecule has 2 bridgehead atoms. The number of morpholine rings is 1. The van der Waals surface area contributed by atoms with E-state index in [1.165, 1.54) is 0 Å². The fraction of sp³-hybridized carbons (Fsp3) is 0.909. The highest BCUT2D eigenvalue weighted by atomic mass is 16.5. The van der Waals surface area contributed by atoms with E-state index < -0.39 is 0 Å². The topological polar surface area (TPSA) is 50.8 Å². The molecule has 0 spiro atoms. The zero-order valence-corrected chi connectivity index (χ0v) is 9.35. The van der Waals surface area contributed by atoms with Crippen LogP contribution in [0.15, 0.2) is 0 Å². The van der Waals surface area contributed by atoms with Crippen molar-refractivity contribution in [2.45, 2.75) is 37.5 Å². The van der Waals surface area contributed by atoms with Gasteiger partial charge in [-0.15, -0.1) is 0 Å². The summed E-state index contributed by atoms with van der Waals surface area (Å²) >= 11 is 0. The number of hydrogen-bond donors (Lipinski definition) is 1. The summed E-state index contributed by atoms with van der Waals surface area (Å²) in [5, 5.41) is 3.10. The second kappa shape index (κ2) is 4.22. The molecule has 16 heavy (non-hydrogen) atoms. The molecule has 5 nitrogen and oxygen atoms in total. The lowest BCUT2D eigenvalue weighted by Gasteiger charge is -2.30. The molecule has 0 aromatic heterocycles. The normalized spacial score (nSPS) is 34.4. The zero-order chi connectivity index (χ0) is 11.0. The summed E-state index contributed by atoms with van der Waals surface area (Å²) in [5.41, 5.74) is 0. The Kier molecular flexibility index (Phi) is 2.73. The molecule has 3 fully saturated rings. The molecule has 0 radical (unpaired) electrons. The molecule has 0 aliphatic carbocycles. The number of hydrogen-bond acceptors (Lipinski definition) is 3. The van der Waals surface area contributed by atoms with Crippen LogP contribution in [0.25, 0.3) is 0 Å². The van der Waals surface area contributed by atoms with Gasteiger partial charge in [-0.25, -0.2) is 4.79 Å². The van der Waals surface area contributed by atoms with E-state index in [2.05, 4.69) is 5.32 Å². The Hall–Kier alpha value is -0.810. The van der Waals surface area contributed by atoms with Crippen LogP contribution >= 0.6 is 0 Å². The highest BCUT2D eigenvalue weighted by Gasteiger charge is 2.41. The number of urea groups is 1. The van der Waals surface area contributed by atoms with Crippen LogP contribution in [0.1, 0.15) is 19.3 Å². The van der Waals surface area contributed by atoms with E-state index in [9.17, 15) is 4.79 Å². The van der Waals surface area contributed by atoms with Crippen LogP contribution in [0.4, 0.5) is 4.79 Å². The summed E-state index contributed by atoms with van der Waals surface area (Å²) in [7, 11) is 0. The molecule has 2 amide bonds. The molecule has 3 aliphatic rings. The molecule has 3 saturated heterocycles. The molecule has 3 aliphatic heterocycles. The largest absolute Gasteiger partial charge is 0.381 e. The van der Waals surface area contributed by atoms with Crippen LogP contribution in [0.2, 0.25) is 0 Å². The third kappa shape index (κ3) is 1.89. The predicted molar refractivity (Wildman–Crippen MR) is 57.2 cm³/mol. The van der Waals surface area contributed by atoms with Crippen LogP contribution in [-0.2, 0) is 9.47 Å². The summed E-state index contributed by atoms with van der Waals surface area (Å²) in [6, 6.07) is 0.689. The number of carbonyl (C=O) groups is 1. The van der Waals surface area contributed by atoms with Crippen molar-refractivity contribution >= 4 is 6.03 Å². The minimum absolute atomic E-state index is 0.0858. The second-order valence-corrected chi connectivity index (χ2v) is 4.83. The summed E-state index contributed by atoms with van der Waals surface area (Å²) < 4.78 is 10.8. The smallest absolute Gasteiger partial charge is 0.318 e. The molecule has 0 unspecified atom stereocenters. The van der Waals surface area contributed by atoms with E-state index in [1.807, 2.05) is 4.90 Å². The fourth-order valence-electron chi connectivity index (χ4n) is 2.75. The molecular formula is C11H18N2O3. The van der Waals surface area contributed by atoms with Gasteiger partial charge in [0, 0.05) is 25.8 Å². The van der Waals surface area contributed by atoms with E-state index in [0.717, 1.165) is 39.0 Å². The average Bonchev–Trinajstić information content (AvgIpc) is 2.92. The molecule has 0 aromatic carbocycles. The van der Waals surface area contributed by atoms with Crippen LogP contribution in [0.3, 0.4) is 0 Å². The maximum absolute atomic E-state index is 12.0. The zero-order valence-electron chi connectivity index (χ0n) is 9.35. The van der Waals surface area contributed by atoms with E-state index in [1.54, 1.807) is 0 Å². The molecule has 3 rings (SSSR count). The highest BCUT2D eigenvalue weighted by molar-refractivity contribution is 5.75. The lowest BCUT2D eigenvalue weighted by Crippen LogP contribution is -2.50. The van der Waals surface area contributed by atoms with Gasteiger partial charge in [0.05, 0.1) is 18.8 Å². The third-order valence-electron chi connectivity index (χ3n) is 3.71. The number of ether oxygens (including phenoxy) is 2. The van der Waals surface area contributed by atoms with Gasteiger partial charge in [-0.05, 0) is 19.3 Å². The standard InChI is InChI=1S/C11H18N2O3/c14-11(12-8-1-3-15-4-2-8)13-6-10-5-9(13)7-16-10/h8-10H,1-7H2,(H,12,14)/t9-,10+/m0/s1. The highest BCUT2D eigenvalue weighted by Crippen LogP contribution is 2.27. The van der Waals surface area contributed by atoms with E-state index in [-0.39, 0.29) is 12.1 Å². The van der Waals surface area contributed by atoms with Crippen molar-refractivity contribution in [2.24, 2.45) is 0 Å². The van der Waals surface area contributed by atoms with Gasteiger partial charge >= 0.3 is 6.03 Å². The second-order valence-electron chi connectivity index (χ2n) is 4.83. The van der Waals surface area contributed by atoms with Crippen LogP contribution in [0, 0.1) is 0 Å². The molecule has 3 heterocycles. The maximum atomic E-state index is 12.0. The third-order valence-corrected chi connectivity index (χ3v) is 3.71. The average molecular weight is 226 g/mol. The van der Waals surface area contributed by atoms with Crippen molar-refractivity contribution in [1.82, 2.24) is 10.2 Å². The first-order chi connectivity index (χ1) is 7.83. The van der Waals surface area contributed by atoms with Crippen LogP contribution in [0.5, 0.6) is 0 Å². The minimum atomic E-state index is 0.0858. The monoisotopic (exact) mass is 226 g/mol. The van der Waals surface area contributed by atoms with E-state index in [4.69, 9.17) is 9.47 Å². The summed E-state index contributed by atoms with van der Waals surface area (Å²) in [5.74, 6) is 0. The number of amides is 2. The number of rotatable bonds is 1. The van der Waals surface area contributed by atoms with Crippen molar-refractivity contribution in [1.29, 1.82) is 0 Å². The van der Waals surface area contributed by atoms with Gasteiger partial charge in [0.2, 0.25) is 0 Å². The van der Waals surface area contributed by atoms with Gasteiger partial charge in [-0.1, -0.05) is 0 Å². The molecule has 0 aromatic rings. The Morgan fingerprint density at radius 3 is 2.75 bits per heavy atom. The SMILES string of the molecule is O=C(NC1CCOCC1)N1C[C@H]2C[C@H]1CO2. The molecule has 2 atom stereocenters. The summed E-state index contributed by atoms with van der Waals surface area (Å²) in [6.07, 6.45) is 3.17. The molecule has 0 saturated carbocycles. The van der Waals surface area contributed by atoms with Gasteiger partial charge in [0.25, 0.3) is 0 Å². The first kappa shape index (κ1) is 10.4. The Morgan fingerprint density at radius 1 is 1.31 bits per heavy atom. The lowest BCUT2D eigenvalue weighted by atomic mass is 10.1. The van der Waals surface area contributed by atoms with Gasteiger partial charge < -0.3 is 19.7 Å². The Morgan fingerprint density at radius 2 is 2.12 bits per heavy atom. The number of likely N-dealkylation sites (tertiary alicyclic amines) is 1. The van der Waals surface area contributed by atoms with Crippen molar-refractivity contribution in [2.75, 3.05) is 26.4 Å². The van der Waals surface area contributed by atoms with Gasteiger partial charge in [0.15, 0.2) is 0 Å². The molecular weight excluding hydrogens is 208 g/mol. The minimum Gasteiger partial charge on any atom is -0.381 e. The fourth-order valence-corrected chi connectivity index (χ4v) is 2.75. The van der Waals surface area contributed by atoms with Crippen molar-refractivity contribution in [3.05, 3.63) is 0 Å². The number of nitrogens with one attached hydrogen (secondary N) is 1. The Balaban J connectivity index is 1.53. The van der Waals surface area contributed by atoms with Gasteiger partial charge in [-0.3, -0.25) is 0 Å². The van der Waals surface area contributed by atoms with Crippen molar-refractivity contribution < 1.29 is 14.3 Å². The van der Waals surface area contributed by atoms with Gasteiger partial charge in [0.1, 0.15) is 0 Å².